The van der Waals surface area contributed by atoms with Gasteiger partial charge in [-0.15, -0.1) is 0 Å². The third-order valence-electron chi connectivity index (χ3n) is 2.17. The molecule has 1 unspecified atom stereocenters. The number of nitrogens with one attached hydrogen (secondary N) is 2. The lowest BCUT2D eigenvalue weighted by atomic mass is 10.2. The van der Waals surface area contributed by atoms with Gasteiger partial charge in [0, 0.05) is 12.2 Å². The Labute approximate surface area is 114 Å². The minimum Gasteiger partial charge on any atom is -0.481 e. The number of carboxylic acid groups (broad SMARTS) is 1. The highest BCUT2D eigenvalue weighted by Gasteiger charge is 2.12. The second-order valence-electron chi connectivity index (χ2n) is 3.70. The molecule has 0 fully saturated rings. The fourth-order valence-electron chi connectivity index (χ4n) is 1.08. The van der Waals surface area contributed by atoms with E-state index < -0.39 is 17.9 Å². The van der Waals surface area contributed by atoms with Crippen molar-refractivity contribution in [3.8, 4) is 0 Å². The van der Waals surface area contributed by atoms with Crippen LogP contribution >= 0.6 is 23.2 Å². The van der Waals surface area contributed by atoms with Gasteiger partial charge >= 0.3 is 12.0 Å². The normalized spacial score (nSPS) is 11.7. The molecule has 1 atom stereocenters. The van der Waals surface area contributed by atoms with Crippen molar-refractivity contribution in [2.75, 3.05) is 11.9 Å². The maximum atomic E-state index is 11.4. The molecule has 0 aliphatic rings. The number of rotatable bonds is 4. The molecule has 3 N–H and O–H groups in total. The number of carbonyl (C=O) groups excluding carboxylic acids is 1. The third kappa shape index (κ3) is 4.43. The van der Waals surface area contributed by atoms with E-state index in [9.17, 15) is 9.59 Å². The van der Waals surface area contributed by atoms with E-state index in [-0.39, 0.29) is 6.54 Å². The summed E-state index contributed by atoms with van der Waals surface area (Å²) in [4.78, 5) is 22.0. The Morgan fingerprint density at radius 2 is 2.00 bits per heavy atom. The van der Waals surface area contributed by atoms with E-state index in [0.717, 1.165) is 0 Å². The lowest BCUT2D eigenvalue weighted by molar-refractivity contribution is -0.140. The maximum Gasteiger partial charge on any atom is 0.319 e. The van der Waals surface area contributed by atoms with E-state index in [1.54, 1.807) is 12.1 Å². The zero-order valence-electron chi connectivity index (χ0n) is 9.54. The molecule has 7 heteroatoms. The Kier molecular flexibility index (Phi) is 5.25. The molecule has 2 amide bonds. The summed E-state index contributed by atoms with van der Waals surface area (Å²) in [5.41, 5.74) is 0.477. The summed E-state index contributed by atoms with van der Waals surface area (Å²) in [6, 6.07) is 4.15. The van der Waals surface area contributed by atoms with Crippen LogP contribution < -0.4 is 10.6 Å². The largest absolute Gasteiger partial charge is 0.481 e. The van der Waals surface area contributed by atoms with Gasteiger partial charge in [0.15, 0.2) is 0 Å². The number of hydrogen-bond acceptors (Lipinski definition) is 2. The van der Waals surface area contributed by atoms with E-state index >= 15 is 0 Å². The average Bonchev–Trinajstić information content (AvgIpc) is 2.30. The zero-order chi connectivity index (χ0) is 13.7. The molecule has 5 nitrogen and oxygen atoms in total. The fourth-order valence-corrected chi connectivity index (χ4v) is 1.38. The maximum absolute atomic E-state index is 11.4. The highest BCUT2D eigenvalue weighted by molar-refractivity contribution is 6.42. The van der Waals surface area contributed by atoms with Crippen LogP contribution in [0.3, 0.4) is 0 Å². The van der Waals surface area contributed by atoms with Gasteiger partial charge in [0.05, 0.1) is 16.0 Å². The summed E-state index contributed by atoms with van der Waals surface area (Å²) in [6.07, 6.45) is 0. The summed E-state index contributed by atoms with van der Waals surface area (Å²) >= 11 is 11.5. The molecule has 1 aromatic rings. The van der Waals surface area contributed by atoms with Crippen LogP contribution in [0.15, 0.2) is 18.2 Å². The first kappa shape index (κ1) is 14.6. The SMILES string of the molecule is CC(CNC(=O)Nc1ccc(Cl)c(Cl)c1)C(=O)O. The van der Waals surface area contributed by atoms with E-state index in [0.29, 0.717) is 15.7 Å². The highest BCUT2D eigenvalue weighted by Crippen LogP contribution is 2.24. The van der Waals surface area contributed by atoms with Gasteiger partial charge in [-0.1, -0.05) is 30.1 Å². The molecular formula is C11H12Cl2N2O3. The van der Waals surface area contributed by atoms with Crippen molar-refractivity contribution in [2.24, 2.45) is 5.92 Å². The first-order valence-corrected chi connectivity index (χ1v) is 5.88. The van der Waals surface area contributed by atoms with Crippen LogP contribution in [0.25, 0.3) is 0 Å². The number of hydrogen-bond donors (Lipinski definition) is 3. The van der Waals surface area contributed by atoms with E-state index in [2.05, 4.69) is 10.6 Å². The molecule has 0 radical (unpaired) electrons. The van der Waals surface area contributed by atoms with Crippen LogP contribution in [0.1, 0.15) is 6.92 Å². The van der Waals surface area contributed by atoms with Crippen LogP contribution in [0.2, 0.25) is 10.0 Å². The summed E-state index contributed by atoms with van der Waals surface area (Å²) in [7, 11) is 0. The first-order chi connectivity index (χ1) is 8.40. The monoisotopic (exact) mass is 290 g/mol. The summed E-state index contributed by atoms with van der Waals surface area (Å²) < 4.78 is 0. The molecule has 98 valence electrons. The quantitative estimate of drug-likeness (QED) is 0.798. The van der Waals surface area contributed by atoms with Crippen molar-refractivity contribution in [3.63, 3.8) is 0 Å². The molecule has 0 bridgehead atoms. The number of urea groups is 1. The van der Waals surface area contributed by atoms with E-state index in [1.165, 1.54) is 13.0 Å². The van der Waals surface area contributed by atoms with Crippen molar-refractivity contribution >= 4 is 40.9 Å². The van der Waals surface area contributed by atoms with Gasteiger partial charge in [-0.3, -0.25) is 4.79 Å². The second-order valence-corrected chi connectivity index (χ2v) is 4.52. The number of amides is 2. The molecule has 0 aliphatic carbocycles. The van der Waals surface area contributed by atoms with Crippen molar-refractivity contribution < 1.29 is 14.7 Å². The molecule has 0 aliphatic heterocycles. The lowest BCUT2D eigenvalue weighted by Gasteiger charge is -2.10. The Hall–Kier alpha value is -1.46. The lowest BCUT2D eigenvalue weighted by Crippen LogP contribution is -2.34. The number of benzene rings is 1. The first-order valence-electron chi connectivity index (χ1n) is 5.13. The molecule has 0 spiro atoms. The van der Waals surface area contributed by atoms with Crippen LogP contribution in [-0.2, 0) is 4.79 Å². The predicted octanol–water partition coefficient (Wildman–Crippen LogP) is 2.84. The molecule has 0 heterocycles. The molecule has 0 saturated heterocycles. The van der Waals surface area contributed by atoms with Crippen molar-refractivity contribution in [3.05, 3.63) is 28.2 Å². The zero-order valence-corrected chi connectivity index (χ0v) is 11.0. The predicted molar refractivity (Wildman–Crippen MR) is 70.3 cm³/mol. The Morgan fingerprint density at radius 3 is 2.56 bits per heavy atom. The van der Waals surface area contributed by atoms with Gasteiger partial charge in [0.25, 0.3) is 0 Å². The minimum absolute atomic E-state index is 0.0441. The Bertz CT molecular complexity index is 466. The summed E-state index contributed by atoms with van der Waals surface area (Å²) in [6.45, 7) is 1.55. The summed E-state index contributed by atoms with van der Waals surface area (Å²) in [5, 5.41) is 14.3. The highest BCUT2D eigenvalue weighted by atomic mass is 35.5. The van der Waals surface area contributed by atoms with Crippen LogP contribution in [0.5, 0.6) is 0 Å². The van der Waals surface area contributed by atoms with Gasteiger partial charge in [-0.25, -0.2) is 4.79 Å². The Morgan fingerprint density at radius 1 is 1.33 bits per heavy atom. The number of carboxylic acids is 1. The minimum atomic E-state index is -0.968. The molecule has 0 saturated carbocycles. The topological polar surface area (TPSA) is 78.4 Å². The molecule has 1 rings (SSSR count). The second kappa shape index (κ2) is 6.47. The van der Waals surface area contributed by atoms with E-state index in [4.69, 9.17) is 28.3 Å². The van der Waals surface area contributed by atoms with Crippen LogP contribution in [0, 0.1) is 5.92 Å². The third-order valence-corrected chi connectivity index (χ3v) is 2.91. The standard InChI is InChI=1S/C11H12Cl2N2O3/c1-6(10(16)17)5-14-11(18)15-7-2-3-8(12)9(13)4-7/h2-4,6H,5H2,1H3,(H,16,17)(H2,14,15,18). The number of aliphatic carboxylic acids is 1. The van der Waals surface area contributed by atoms with Gasteiger partial charge < -0.3 is 15.7 Å². The average molecular weight is 291 g/mol. The molecule has 1 aromatic carbocycles. The molecule has 0 aromatic heterocycles. The van der Waals surface area contributed by atoms with Crippen molar-refractivity contribution in [2.45, 2.75) is 6.92 Å². The molecule has 18 heavy (non-hydrogen) atoms. The van der Waals surface area contributed by atoms with Gasteiger partial charge in [0.1, 0.15) is 0 Å². The van der Waals surface area contributed by atoms with Crippen molar-refractivity contribution in [1.82, 2.24) is 5.32 Å². The molecular weight excluding hydrogens is 279 g/mol. The van der Waals surface area contributed by atoms with Gasteiger partial charge in [0.2, 0.25) is 0 Å². The Balaban J connectivity index is 2.49. The smallest absolute Gasteiger partial charge is 0.319 e. The van der Waals surface area contributed by atoms with Gasteiger partial charge in [-0.2, -0.15) is 0 Å². The van der Waals surface area contributed by atoms with Crippen molar-refractivity contribution in [1.29, 1.82) is 0 Å². The number of halogens is 2. The van der Waals surface area contributed by atoms with Crippen LogP contribution in [0.4, 0.5) is 10.5 Å². The van der Waals surface area contributed by atoms with Gasteiger partial charge in [-0.05, 0) is 18.2 Å². The number of anilines is 1. The van der Waals surface area contributed by atoms with Crippen LogP contribution in [-0.4, -0.2) is 23.7 Å². The summed E-state index contributed by atoms with van der Waals surface area (Å²) in [5.74, 6) is -1.62. The number of carbonyl (C=O) groups is 2. The fraction of sp³-hybridized carbons (Fsp3) is 0.273. The van der Waals surface area contributed by atoms with E-state index in [1.807, 2.05) is 0 Å².